The first-order valence-electron chi connectivity index (χ1n) is 8.62. The van der Waals surface area contributed by atoms with Crippen molar-refractivity contribution in [3.05, 3.63) is 53.0 Å². The fraction of sp³-hybridized carbons (Fsp3) is 0.389. The maximum Gasteiger partial charge on any atom is 0.218 e. The summed E-state index contributed by atoms with van der Waals surface area (Å²) in [5, 5.41) is 13.2. The zero-order valence-electron chi connectivity index (χ0n) is 14.7. The van der Waals surface area contributed by atoms with Gasteiger partial charge in [-0.2, -0.15) is 0 Å². The van der Waals surface area contributed by atoms with Gasteiger partial charge in [-0.1, -0.05) is 30.2 Å². The quantitative estimate of drug-likeness (QED) is 0.681. The first-order chi connectivity index (χ1) is 12.8. The van der Waals surface area contributed by atoms with Crippen molar-refractivity contribution in [1.82, 2.24) is 25.1 Å². The number of anilines is 1. The Kier molecular flexibility index (Phi) is 6.83. The second-order valence-electron chi connectivity index (χ2n) is 5.91. The zero-order valence-corrected chi connectivity index (χ0v) is 15.5. The molecule has 1 fully saturated rings. The molecule has 0 spiro atoms. The second kappa shape index (κ2) is 9.76. The topological polar surface area (TPSA) is 85.7 Å². The van der Waals surface area contributed by atoms with Gasteiger partial charge >= 0.3 is 0 Å². The summed E-state index contributed by atoms with van der Waals surface area (Å²) in [6, 6.07) is 7.54. The molecule has 3 heterocycles. The molecule has 136 valence electrons. The molecule has 0 radical (unpaired) electrons. The molecule has 0 atom stereocenters. The van der Waals surface area contributed by atoms with Crippen LogP contribution in [0.5, 0.6) is 5.88 Å². The van der Waals surface area contributed by atoms with E-state index in [1.807, 2.05) is 31.2 Å². The average Bonchev–Trinajstić information content (AvgIpc) is 3.42. The lowest BCUT2D eigenvalue weighted by molar-refractivity contribution is 0.291. The number of nitrogens with one attached hydrogen (secondary N) is 1. The molecule has 8 heteroatoms. The lowest BCUT2D eigenvalue weighted by Gasteiger charge is -2.06. The minimum absolute atomic E-state index is 0.615. The van der Waals surface area contributed by atoms with Crippen LogP contribution >= 0.6 is 11.3 Å². The first kappa shape index (κ1) is 18.2. The summed E-state index contributed by atoms with van der Waals surface area (Å²) in [5.41, 5.74) is 0. The van der Waals surface area contributed by atoms with Crippen molar-refractivity contribution in [1.29, 1.82) is 0 Å². The van der Waals surface area contributed by atoms with Crippen LogP contribution in [0.2, 0.25) is 0 Å². The predicted molar refractivity (Wildman–Crippen MR) is 101 cm³/mol. The minimum Gasteiger partial charge on any atom is -0.478 e. The number of pyridine rings is 1. The maximum absolute atomic E-state index is 5.64. The second-order valence-corrected chi connectivity index (χ2v) is 7.18. The molecule has 0 aliphatic heterocycles. The molecule has 26 heavy (non-hydrogen) atoms. The number of hydrogen-bond acceptors (Lipinski definition) is 8. The predicted octanol–water partition coefficient (Wildman–Crippen LogP) is 3.51. The molecule has 0 saturated heterocycles. The number of hydrogen-bond donors (Lipinski definition) is 1. The van der Waals surface area contributed by atoms with E-state index >= 15 is 0 Å². The van der Waals surface area contributed by atoms with Crippen LogP contribution in [0.4, 0.5) is 5.82 Å². The van der Waals surface area contributed by atoms with Crippen LogP contribution in [-0.4, -0.2) is 31.8 Å². The van der Waals surface area contributed by atoms with Gasteiger partial charge in [0.15, 0.2) is 0 Å². The molecule has 1 N–H and O–H groups in total. The largest absolute Gasteiger partial charge is 0.478 e. The Bertz CT molecular complexity index is 751. The molecule has 0 amide bonds. The average molecular weight is 370 g/mol. The van der Waals surface area contributed by atoms with Crippen LogP contribution in [0.15, 0.2) is 43.0 Å². The van der Waals surface area contributed by atoms with Gasteiger partial charge in [0.2, 0.25) is 5.88 Å². The van der Waals surface area contributed by atoms with Crippen LogP contribution in [0, 0.1) is 12.8 Å². The van der Waals surface area contributed by atoms with E-state index in [0.717, 1.165) is 34.8 Å². The maximum atomic E-state index is 5.64. The highest BCUT2D eigenvalue weighted by atomic mass is 32.1. The highest BCUT2D eigenvalue weighted by Gasteiger charge is 2.20. The molecule has 0 bridgehead atoms. The van der Waals surface area contributed by atoms with Gasteiger partial charge in [-0.25, -0.2) is 9.97 Å². The van der Waals surface area contributed by atoms with Crippen molar-refractivity contribution in [3.63, 3.8) is 0 Å². The third kappa shape index (κ3) is 6.72. The fourth-order valence-electron chi connectivity index (χ4n) is 2.14. The van der Waals surface area contributed by atoms with Crippen molar-refractivity contribution in [2.75, 3.05) is 11.9 Å². The van der Waals surface area contributed by atoms with Crippen LogP contribution in [0.3, 0.4) is 0 Å². The van der Waals surface area contributed by atoms with Crippen molar-refractivity contribution in [2.24, 2.45) is 5.92 Å². The van der Waals surface area contributed by atoms with Crippen LogP contribution in [-0.2, 0) is 6.54 Å². The van der Waals surface area contributed by atoms with E-state index in [-0.39, 0.29) is 0 Å². The molecular weight excluding hydrogens is 348 g/mol. The number of aromatic nitrogens is 5. The summed E-state index contributed by atoms with van der Waals surface area (Å²) in [4.78, 5) is 12.1. The third-order valence-corrected chi connectivity index (χ3v) is 4.51. The molecule has 0 aromatic carbocycles. The van der Waals surface area contributed by atoms with Crippen LogP contribution < -0.4 is 10.1 Å². The van der Waals surface area contributed by atoms with Crippen LogP contribution in [0.1, 0.15) is 29.3 Å². The molecule has 1 aliphatic carbocycles. The van der Waals surface area contributed by atoms with Gasteiger partial charge in [0, 0.05) is 18.5 Å². The summed E-state index contributed by atoms with van der Waals surface area (Å²) < 4.78 is 5.64. The van der Waals surface area contributed by atoms with Crippen molar-refractivity contribution >= 4 is 17.2 Å². The summed E-state index contributed by atoms with van der Waals surface area (Å²) >= 11 is 1.58. The summed E-state index contributed by atoms with van der Waals surface area (Å²) in [6.45, 7) is 3.29. The van der Waals surface area contributed by atoms with Gasteiger partial charge in [-0.3, -0.25) is 4.98 Å². The molecule has 4 rings (SSSR count). The SMILES string of the molecule is Cc1nnc(CNc2cc(OCCC3CC3)ncn2)s1.c1ccncc1. The molecule has 1 aliphatic rings. The van der Waals surface area contributed by atoms with E-state index in [0.29, 0.717) is 12.4 Å². The number of ether oxygens (including phenoxy) is 1. The van der Waals surface area contributed by atoms with Crippen molar-refractivity contribution in [3.8, 4) is 5.88 Å². The van der Waals surface area contributed by atoms with Gasteiger partial charge in [0.1, 0.15) is 22.2 Å². The molecule has 7 nitrogen and oxygen atoms in total. The highest BCUT2D eigenvalue weighted by molar-refractivity contribution is 7.11. The molecule has 0 unspecified atom stereocenters. The Morgan fingerprint density at radius 2 is 2.00 bits per heavy atom. The lowest BCUT2D eigenvalue weighted by atomic mass is 10.3. The first-order valence-corrected chi connectivity index (χ1v) is 9.44. The highest BCUT2D eigenvalue weighted by Crippen LogP contribution is 2.32. The fourth-order valence-corrected chi connectivity index (χ4v) is 2.79. The van der Waals surface area contributed by atoms with E-state index in [1.54, 1.807) is 23.7 Å². The number of nitrogens with zero attached hydrogens (tertiary/aromatic N) is 5. The Labute approximate surface area is 156 Å². The summed E-state index contributed by atoms with van der Waals surface area (Å²) in [6.07, 6.45) is 8.83. The van der Waals surface area contributed by atoms with Gasteiger partial charge in [0.25, 0.3) is 0 Å². The van der Waals surface area contributed by atoms with E-state index < -0.39 is 0 Å². The Morgan fingerprint density at radius 1 is 1.15 bits per heavy atom. The monoisotopic (exact) mass is 370 g/mol. The van der Waals surface area contributed by atoms with E-state index in [2.05, 4.69) is 30.5 Å². The molecule has 3 aromatic heterocycles. The van der Waals surface area contributed by atoms with E-state index in [9.17, 15) is 0 Å². The van der Waals surface area contributed by atoms with E-state index in [1.165, 1.54) is 19.2 Å². The summed E-state index contributed by atoms with van der Waals surface area (Å²) in [5.74, 6) is 2.24. The number of rotatable bonds is 7. The third-order valence-electron chi connectivity index (χ3n) is 3.67. The Hall–Kier alpha value is -2.61. The van der Waals surface area contributed by atoms with Gasteiger partial charge in [-0.05, 0) is 31.4 Å². The van der Waals surface area contributed by atoms with Crippen molar-refractivity contribution < 1.29 is 4.74 Å². The van der Waals surface area contributed by atoms with Crippen LogP contribution in [0.25, 0.3) is 0 Å². The van der Waals surface area contributed by atoms with Gasteiger partial charge < -0.3 is 10.1 Å². The molecule has 1 saturated carbocycles. The summed E-state index contributed by atoms with van der Waals surface area (Å²) in [7, 11) is 0. The Morgan fingerprint density at radius 3 is 2.62 bits per heavy atom. The molecular formula is C18H22N6OS. The number of aryl methyl sites for hydroxylation is 1. The Balaban J connectivity index is 0.000000278. The zero-order chi connectivity index (χ0) is 18.0. The minimum atomic E-state index is 0.615. The van der Waals surface area contributed by atoms with Gasteiger partial charge in [0.05, 0.1) is 13.2 Å². The normalized spacial score (nSPS) is 12.8. The van der Waals surface area contributed by atoms with Crippen molar-refractivity contribution in [2.45, 2.75) is 32.7 Å². The smallest absolute Gasteiger partial charge is 0.218 e. The van der Waals surface area contributed by atoms with E-state index in [4.69, 9.17) is 4.74 Å². The molecule has 3 aromatic rings. The van der Waals surface area contributed by atoms with Gasteiger partial charge in [-0.15, -0.1) is 10.2 Å². The lowest BCUT2D eigenvalue weighted by Crippen LogP contribution is -2.04. The standard InChI is InChI=1S/C13H17N5OS.C5H5N/c1-9-17-18-13(20-9)7-14-11-6-12(16-8-15-11)19-5-4-10-2-3-10;1-2-4-6-5-3-1/h6,8,10H,2-5,7H2,1H3,(H,14,15,16);1-5H.